The van der Waals surface area contributed by atoms with Crippen LogP contribution in [-0.2, 0) is 9.47 Å². The second-order valence-electron chi connectivity index (χ2n) is 7.70. The molecule has 2 aliphatic heterocycles. The molecule has 3 unspecified atom stereocenters. The van der Waals surface area contributed by atoms with Crippen molar-refractivity contribution >= 4 is 29.0 Å². The number of pyridine rings is 1. The second kappa shape index (κ2) is 8.51. The minimum absolute atomic E-state index is 0.112. The molecule has 0 bridgehead atoms. The molecule has 4 atom stereocenters. The zero-order valence-corrected chi connectivity index (χ0v) is 18.5. The van der Waals surface area contributed by atoms with Crippen molar-refractivity contribution in [1.82, 2.24) is 14.8 Å². The number of hydrogen-bond acceptors (Lipinski definition) is 6. The summed E-state index contributed by atoms with van der Waals surface area (Å²) in [6.45, 7) is 0.363. The molecule has 2 saturated heterocycles. The third-order valence-electron chi connectivity index (χ3n) is 5.68. The number of nitrogens with two attached hydrogens (primary N) is 1. The molecule has 1 aromatic carbocycles. The van der Waals surface area contributed by atoms with Gasteiger partial charge in [-0.1, -0.05) is 23.2 Å². The van der Waals surface area contributed by atoms with E-state index in [1.54, 1.807) is 30.1 Å². The van der Waals surface area contributed by atoms with Crippen molar-refractivity contribution < 1.29 is 21.3 Å². The Kier molecular flexibility index (Phi) is 5.09. The summed E-state index contributed by atoms with van der Waals surface area (Å²) in [4.78, 5) is 4.22. The van der Waals surface area contributed by atoms with Gasteiger partial charge in [-0.3, -0.25) is 4.68 Å². The van der Waals surface area contributed by atoms with E-state index in [-0.39, 0.29) is 40.2 Å². The van der Waals surface area contributed by atoms with Gasteiger partial charge in [0.15, 0.2) is 11.6 Å². The van der Waals surface area contributed by atoms with Crippen molar-refractivity contribution in [3.05, 3.63) is 58.2 Å². The van der Waals surface area contributed by atoms with Crippen molar-refractivity contribution in [3.63, 3.8) is 0 Å². The number of rotatable bonds is 5. The highest BCUT2D eigenvalue weighted by Gasteiger charge is 2.43. The quantitative estimate of drug-likeness (QED) is 0.525. The Morgan fingerprint density at radius 3 is 3.00 bits per heavy atom. The lowest BCUT2D eigenvalue weighted by Crippen LogP contribution is -2.25. The molecule has 168 valence electrons. The SMILES string of the molecule is [2H]C1([2H])CC2OCC(n3cc(-c4cnc(N)c(O[C@H](C)c5c(Cl)ccc(F)c5Cl)c4)cn3)C2O1. The predicted octanol–water partition coefficient (Wildman–Crippen LogP) is 4.84. The van der Waals surface area contributed by atoms with E-state index < -0.39 is 24.6 Å². The van der Waals surface area contributed by atoms with E-state index in [0.717, 1.165) is 5.56 Å². The number of anilines is 1. The highest BCUT2D eigenvalue weighted by atomic mass is 35.5. The largest absolute Gasteiger partial charge is 0.482 e. The van der Waals surface area contributed by atoms with Gasteiger partial charge in [0.1, 0.15) is 24.1 Å². The molecule has 2 aliphatic rings. The fourth-order valence-corrected chi connectivity index (χ4v) is 4.66. The maximum atomic E-state index is 13.9. The van der Waals surface area contributed by atoms with Crippen LogP contribution in [0, 0.1) is 5.82 Å². The minimum Gasteiger partial charge on any atom is -0.482 e. The minimum atomic E-state index is -1.71. The lowest BCUT2D eigenvalue weighted by molar-refractivity contribution is 0.0634. The van der Waals surface area contributed by atoms with Gasteiger partial charge in [0.2, 0.25) is 0 Å². The van der Waals surface area contributed by atoms with Crippen LogP contribution < -0.4 is 10.5 Å². The summed E-state index contributed by atoms with van der Waals surface area (Å²) in [7, 11) is 0. The number of fused-ring (bicyclic) bond motifs is 1. The molecule has 2 fully saturated rings. The Bertz CT molecular complexity index is 1240. The molecule has 3 aromatic rings. The predicted molar refractivity (Wildman–Crippen MR) is 118 cm³/mol. The van der Waals surface area contributed by atoms with Crippen molar-refractivity contribution in [2.45, 2.75) is 37.7 Å². The first-order valence-electron chi connectivity index (χ1n) is 11.0. The monoisotopic (exact) mass is 480 g/mol. The van der Waals surface area contributed by atoms with Crippen LogP contribution in [0.4, 0.5) is 10.2 Å². The molecule has 32 heavy (non-hydrogen) atoms. The van der Waals surface area contributed by atoms with Crippen molar-refractivity contribution in [2.75, 3.05) is 18.9 Å². The second-order valence-corrected chi connectivity index (χ2v) is 8.49. The molecule has 0 spiro atoms. The summed E-state index contributed by atoms with van der Waals surface area (Å²) < 4.78 is 48.6. The summed E-state index contributed by atoms with van der Waals surface area (Å²) in [5, 5.41) is 4.60. The molecule has 2 aromatic heterocycles. The zero-order chi connectivity index (χ0) is 24.2. The lowest BCUT2D eigenvalue weighted by atomic mass is 10.1. The van der Waals surface area contributed by atoms with E-state index in [1.165, 1.54) is 12.1 Å². The van der Waals surface area contributed by atoms with E-state index in [2.05, 4.69) is 10.1 Å². The Hall–Kier alpha value is -2.39. The first-order chi connectivity index (χ1) is 16.1. The average molecular weight is 481 g/mol. The zero-order valence-electron chi connectivity index (χ0n) is 19.0. The lowest BCUT2D eigenvalue weighted by Gasteiger charge is -2.19. The number of nitrogens with zero attached hydrogens (tertiary/aromatic N) is 3. The van der Waals surface area contributed by atoms with Gasteiger partial charge in [-0.15, -0.1) is 0 Å². The number of ether oxygens (including phenoxy) is 3. The van der Waals surface area contributed by atoms with Gasteiger partial charge in [-0.05, 0) is 31.5 Å². The first-order valence-corrected chi connectivity index (χ1v) is 10.8. The van der Waals surface area contributed by atoms with Crippen LogP contribution in [0.15, 0.2) is 36.8 Å². The van der Waals surface area contributed by atoms with Crippen LogP contribution >= 0.6 is 23.2 Å². The van der Waals surface area contributed by atoms with Crippen LogP contribution in [0.2, 0.25) is 10.0 Å². The number of hydrogen-bond donors (Lipinski definition) is 1. The van der Waals surface area contributed by atoms with E-state index >= 15 is 0 Å². The third-order valence-corrected chi connectivity index (χ3v) is 6.39. The van der Waals surface area contributed by atoms with Crippen LogP contribution in [0.1, 0.15) is 33.8 Å². The number of aromatic nitrogens is 3. The van der Waals surface area contributed by atoms with Crippen LogP contribution in [-0.4, -0.2) is 40.1 Å². The first kappa shape index (κ1) is 19.1. The van der Waals surface area contributed by atoms with E-state index in [4.69, 9.17) is 45.9 Å². The number of nitrogen functional groups attached to an aromatic ring is 1. The van der Waals surface area contributed by atoms with E-state index in [9.17, 15) is 4.39 Å². The van der Waals surface area contributed by atoms with Gasteiger partial charge in [-0.2, -0.15) is 5.10 Å². The molecule has 0 amide bonds. The maximum absolute atomic E-state index is 13.9. The van der Waals surface area contributed by atoms with E-state index in [0.29, 0.717) is 17.7 Å². The van der Waals surface area contributed by atoms with Crippen molar-refractivity contribution in [3.8, 4) is 16.9 Å². The van der Waals surface area contributed by atoms with Gasteiger partial charge < -0.3 is 19.9 Å². The molecule has 4 heterocycles. The Balaban J connectivity index is 1.38. The van der Waals surface area contributed by atoms with Crippen molar-refractivity contribution in [1.29, 1.82) is 0 Å². The molecular formula is C22H21Cl2FN4O3. The van der Waals surface area contributed by atoms with Crippen LogP contribution in [0.3, 0.4) is 0 Å². The normalized spacial score (nSPS) is 25.8. The van der Waals surface area contributed by atoms with E-state index in [1.807, 2.05) is 6.20 Å². The summed E-state index contributed by atoms with van der Waals surface area (Å²) in [6.07, 6.45) is 3.87. The molecule has 5 rings (SSSR count). The molecule has 2 N–H and O–H groups in total. The van der Waals surface area contributed by atoms with Crippen LogP contribution in [0.25, 0.3) is 11.1 Å². The summed E-state index contributed by atoms with van der Waals surface area (Å²) in [5.41, 5.74) is 7.77. The van der Waals surface area contributed by atoms with Crippen LogP contribution in [0.5, 0.6) is 5.75 Å². The van der Waals surface area contributed by atoms with Gasteiger partial charge in [0.25, 0.3) is 0 Å². The smallest absolute Gasteiger partial charge is 0.166 e. The molecule has 0 saturated carbocycles. The molecule has 7 nitrogen and oxygen atoms in total. The molecule has 0 aliphatic carbocycles. The Morgan fingerprint density at radius 1 is 1.31 bits per heavy atom. The Morgan fingerprint density at radius 2 is 2.16 bits per heavy atom. The standard InChI is InChI=1S/C22H21Cl2FN4O3/c1-11(19-14(23)2-3-15(25)20(19)24)32-18-6-12(7-27-22(18)26)13-8-28-29(9-13)16-10-31-17-4-5-30-21(16)17/h2-3,6-9,11,16-17,21H,4-5,10H2,1H3,(H2,26,27)/t11-,16?,17?,21?/m1/s1/i5D2. The van der Waals surface area contributed by atoms with Crippen molar-refractivity contribution in [2.24, 2.45) is 0 Å². The third kappa shape index (κ3) is 3.81. The summed E-state index contributed by atoms with van der Waals surface area (Å²) in [6, 6.07) is 4.07. The maximum Gasteiger partial charge on any atom is 0.166 e. The Labute approximate surface area is 197 Å². The van der Waals surface area contributed by atoms with Gasteiger partial charge in [0.05, 0.1) is 26.7 Å². The number of halogens is 3. The molecular weight excluding hydrogens is 458 g/mol. The average Bonchev–Trinajstić information content (AvgIpc) is 3.46. The van der Waals surface area contributed by atoms with Gasteiger partial charge >= 0.3 is 0 Å². The highest BCUT2D eigenvalue weighted by molar-refractivity contribution is 6.36. The van der Waals surface area contributed by atoms with Gasteiger partial charge in [-0.25, -0.2) is 9.37 Å². The molecule has 0 radical (unpaired) electrons. The molecule has 10 heteroatoms. The highest BCUT2D eigenvalue weighted by Crippen LogP contribution is 2.38. The summed E-state index contributed by atoms with van der Waals surface area (Å²) in [5.74, 6) is -0.160. The summed E-state index contributed by atoms with van der Waals surface area (Å²) >= 11 is 12.3. The topological polar surface area (TPSA) is 84.4 Å². The van der Waals surface area contributed by atoms with Gasteiger partial charge in [0, 0.05) is 40.7 Å². The fraction of sp³-hybridized carbons (Fsp3) is 0.364. The number of benzene rings is 1. The fourth-order valence-electron chi connectivity index (χ4n) is 3.98.